The summed E-state index contributed by atoms with van der Waals surface area (Å²) < 4.78 is 5.13. The second kappa shape index (κ2) is 5.39. The predicted molar refractivity (Wildman–Crippen MR) is 76.3 cm³/mol. The van der Waals surface area contributed by atoms with E-state index in [0.29, 0.717) is 5.69 Å². The first-order valence-corrected chi connectivity index (χ1v) is 5.80. The lowest BCUT2D eigenvalue weighted by Crippen LogP contribution is -2.15. The highest BCUT2D eigenvalue weighted by Gasteiger charge is 2.06. The number of benzene rings is 1. The van der Waals surface area contributed by atoms with Gasteiger partial charge in [0.2, 0.25) is 0 Å². The maximum Gasteiger partial charge on any atom is 0.141 e. The fraction of sp³-hybridized carbons (Fsp3) is 0.143. The first-order valence-electron chi connectivity index (χ1n) is 5.80. The molecule has 1 heterocycles. The van der Waals surface area contributed by atoms with Crippen LogP contribution in [-0.4, -0.2) is 25.0 Å². The minimum absolute atomic E-state index is 0.0371. The van der Waals surface area contributed by atoms with Crippen LogP contribution >= 0.6 is 0 Å². The number of nitrogens with two attached hydrogens (primary N) is 1. The van der Waals surface area contributed by atoms with Crippen LogP contribution in [0.1, 0.15) is 5.69 Å². The molecule has 19 heavy (non-hydrogen) atoms. The topological polar surface area (TPSA) is 75.2 Å². The number of aromatic nitrogens is 1. The summed E-state index contributed by atoms with van der Waals surface area (Å²) in [5, 5.41) is 7.41. The Balaban J connectivity index is 2.29. The van der Waals surface area contributed by atoms with E-state index in [2.05, 4.69) is 4.98 Å². The van der Waals surface area contributed by atoms with E-state index in [1.165, 1.54) is 0 Å². The monoisotopic (exact) mass is 256 g/mol. The molecule has 1 aromatic heterocycles. The maximum atomic E-state index is 7.41. The summed E-state index contributed by atoms with van der Waals surface area (Å²) in [5.74, 6) is 0.779. The molecule has 0 aliphatic heterocycles. The van der Waals surface area contributed by atoms with E-state index in [0.717, 1.165) is 17.1 Å². The molecule has 0 amide bonds. The van der Waals surface area contributed by atoms with E-state index in [1.54, 1.807) is 19.4 Å². The summed E-state index contributed by atoms with van der Waals surface area (Å²) in [4.78, 5) is 6.04. The summed E-state index contributed by atoms with van der Waals surface area (Å²) >= 11 is 0. The highest BCUT2D eigenvalue weighted by molar-refractivity contribution is 5.94. The molecular formula is C14H16N4O. The molecule has 0 saturated carbocycles. The highest BCUT2D eigenvalue weighted by atomic mass is 16.5. The van der Waals surface area contributed by atoms with E-state index in [1.807, 2.05) is 42.3 Å². The third-order valence-corrected chi connectivity index (χ3v) is 2.87. The van der Waals surface area contributed by atoms with E-state index in [9.17, 15) is 0 Å². The van der Waals surface area contributed by atoms with Crippen LogP contribution < -0.4 is 15.4 Å². The Morgan fingerprint density at radius 2 is 1.89 bits per heavy atom. The fourth-order valence-corrected chi connectivity index (χ4v) is 1.73. The molecule has 2 aromatic rings. The van der Waals surface area contributed by atoms with Crippen LogP contribution in [0, 0.1) is 5.41 Å². The molecule has 0 fully saturated rings. The molecule has 2 rings (SSSR count). The van der Waals surface area contributed by atoms with Crippen molar-refractivity contribution in [3.63, 3.8) is 0 Å². The van der Waals surface area contributed by atoms with E-state index < -0.39 is 0 Å². The van der Waals surface area contributed by atoms with Crippen LogP contribution in [0.25, 0.3) is 0 Å². The van der Waals surface area contributed by atoms with Gasteiger partial charge in [0.15, 0.2) is 0 Å². The third-order valence-electron chi connectivity index (χ3n) is 2.87. The number of pyridine rings is 1. The third kappa shape index (κ3) is 2.82. The number of nitrogens with zero attached hydrogens (tertiary/aromatic N) is 2. The molecular weight excluding hydrogens is 240 g/mol. The van der Waals surface area contributed by atoms with Gasteiger partial charge in [-0.2, -0.15) is 0 Å². The summed E-state index contributed by atoms with van der Waals surface area (Å²) in [6, 6.07) is 11.4. The Hall–Kier alpha value is -2.56. The maximum absolute atomic E-state index is 7.41. The molecule has 5 nitrogen and oxygen atoms in total. The minimum Gasteiger partial charge on any atom is -0.497 e. The molecule has 0 bridgehead atoms. The van der Waals surface area contributed by atoms with E-state index >= 15 is 0 Å². The number of nitrogens with one attached hydrogen (secondary N) is 1. The lowest BCUT2D eigenvalue weighted by Gasteiger charge is -2.20. The Labute approximate surface area is 112 Å². The van der Waals surface area contributed by atoms with Crippen LogP contribution in [0.15, 0.2) is 42.6 Å². The number of anilines is 2. The molecule has 1 aromatic carbocycles. The average Bonchev–Trinajstić information content (AvgIpc) is 2.46. The predicted octanol–water partition coefficient (Wildman–Crippen LogP) is 2.14. The van der Waals surface area contributed by atoms with Gasteiger partial charge in [-0.05, 0) is 36.4 Å². The van der Waals surface area contributed by atoms with Crippen molar-refractivity contribution in [1.29, 1.82) is 5.41 Å². The first kappa shape index (κ1) is 12.9. The number of amidine groups is 1. The molecule has 0 aliphatic rings. The normalized spacial score (nSPS) is 10.0. The van der Waals surface area contributed by atoms with Gasteiger partial charge < -0.3 is 15.4 Å². The number of rotatable bonds is 4. The number of methoxy groups -OCH3 is 1. The fourth-order valence-electron chi connectivity index (χ4n) is 1.73. The molecule has 0 unspecified atom stereocenters. The minimum atomic E-state index is -0.0371. The van der Waals surface area contributed by atoms with Crippen molar-refractivity contribution in [2.45, 2.75) is 0 Å². The highest BCUT2D eigenvalue weighted by Crippen LogP contribution is 2.25. The van der Waals surface area contributed by atoms with Gasteiger partial charge in [0.05, 0.1) is 7.11 Å². The number of hydrogen-bond donors (Lipinski definition) is 2. The Morgan fingerprint density at radius 3 is 2.47 bits per heavy atom. The van der Waals surface area contributed by atoms with Crippen molar-refractivity contribution in [3.05, 3.63) is 48.3 Å². The zero-order valence-electron chi connectivity index (χ0n) is 10.9. The van der Waals surface area contributed by atoms with Crippen molar-refractivity contribution >= 4 is 17.2 Å². The number of hydrogen-bond acceptors (Lipinski definition) is 4. The van der Waals surface area contributed by atoms with Crippen molar-refractivity contribution in [3.8, 4) is 5.75 Å². The summed E-state index contributed by atoms with van der Waals surface area (Å²) in [6.07, 6.45) is 1.64. The van der Waals surface area contributed by atoms with Crippen LogP contribution in [0.3, 0.4) is 0 Å². The summed E-state index contributed by atoms with van der Waals surface area (Å²) in [7, 11) is 3.59. The van der Waals surface area contributed by atoms with Gasteiger partial charge in [0, 0.05) is 24.6 Å². The van der Waals surface area contributed by atoms with Gasteiger partial charge in [-0.15, -0.1) is 0 Å². The van der Waals surface area contributed by atoms with Crippen LogP contribution in [-0.2, 0) is 0 Å². The quantitative estimate of drug-likeness (QED) is 0.649. The molecule has 3 N–H and O–H groups in total. The van der Waals surface area contributed by atoms with Gasteiger partial charge >= 0.3 is 0 Å². The molecule has 0 radical (unpaired) electrons. The average molecular weight is 256 g/mol. The van der Waals surface area contributed by atoms with Gasteiger partial charge in [-0.3, -0.25) is 10.4 Å². The lowest BCUT2D eigenvalue weighted by atomic mass is 10.2. The number of nitrogen functional groups attached to an aromatic ring is 1. The Kier molecular flexibility index (Phi) is 3.66. The molecule has 5 heteroatoms. The second-order valence-electron chi connectivity index (χ2n) is 4.07. The van der Waals surface area contributed by atoms with E-state index in [-0.39, 0.29) is 5.84 Å². The van der Waals surface area contributed by atoms with Crippen LogP contribution in [0.4, 0.5) is 11.4 Å². The second-order valence-corrected chi connectivity index (χ2v) is 4.07. The lowest BCUT2D eigenvalue weighted by molar-refractivity contribution is 0.415. The van der Waals surface area contributed by atoms with Crippen molar-refractivity contribution in [2.24, 2.45) is 5.73 Å². The molecule has 98 valence electrons. The van der Waals surface area contributed by atoms with Crippen molar-refractivity contribution in [1.82, 2.24) is 4.98 Å². The van der Waals surface area contributed by atoms with E-state index in [4.69, 9.17) is 15.9 Å². The van der Waals surface area contributed by atoms with Gasteiger partial charge in [-0.1, -0.05) is 0 Å². The van der Waals surface area contributed by atoms with Crippen LogP contribution in [0.5, 0.6) is 5.75 Å². The molecule has 0 spiro atoms. The first-order chi connectivity index (χ1) is 9.11. The standard InChI is InChI=1S/C14H16N4O/c1-18(10-3-5-12(19-2)6-4-10)11-7-8-17-13(9-11)14(15)16/h3-9H,1-2H3,(H3,15,16). The molecule has 0 saturated heterocycles. The van der Waals surface area contributed by atoms with Crippen molar-refractivity contribution in [2.75, 3.05) is 19.1 Å². The van der Waals surface area contributed by atoms with Crippen LogP contribution in [0.2, 0.25) is 0 Å². The van der Waals surface area contributed by atoms with Gasteiger partial charge in [0.1, 0.15) is 17.3 Å². The largest absolute Gasteiger partial charge is 0.497 e. The van der Waals surface area contributed by atoms with Gasteiger partial charge in [0.25, 0.3) is 0 Å². The Bertz CT molecular complexity index is 580. The SMILES string of the molecule is COc1ccc(N(C)c2ccnc(C(=N)N)c2)cc1. The Morgan fingerprint density at radius 1 is 1.21 bits per heavy atom. The zero-order chi connectivity index (χ0) is 13.8. The van der Waals surface area contributed by atoms with Gasteiger partial charge in [-0.25, -0.2) is 0 Å². The summed E-state index contributed by atoms with van der Waals surface area (Å²) in [6.45, 7) is 0. The number of ether oxygens (including phenoxy) is 1. The molecule has 0 atom stereocenters. The molecule has 0 aliphatic carbocycles. The summed E-state index contributed by atoms with van der Waals surface area (Å²) in [5.41, 5.74) is 7.85. The smallest absolute Gasteiger partial charge is 0.141 e. The van der Waals surface area contributed by atoms with Crippen molar-refractivity contribution < 1.29 is 4.74 Å². The zero-order valence-corrected chi connectivity index (χ0v) is 10.9.